The molecule has 3 N–H and O–H groups in total. The molecule has 0 amide bonds. The minimum Gasteiger partial charge on any atom is -0.507 e. The summed E-state index contributed by atoms with van der Waals surface area (Å²) in [6, 6.07) is 8.74. The minimum atomic E-state index is -1.29. The maximum atomic E-state index is 10.4. The van der Waals surface area contributed by atoms with Gasteiger partial charge in [-0.1, -0.05) is 0 Å². The normalized spacial score (nSPS) is 9.27. The first kappa shape index (κ1) is 16.6. The third-order valence-corrected chi connectivity index (χ3v) is 2.39. The molecule has 2 aromatic carbocycles. The predicted molar refractivity (Wildman–Crippen MR) is 76.4 cm³/mol. The number of benzene rings is 2. The van der Waals surface area contributed by atoms with E-state index in [2.05, 4.69) is 5.18 Å². The number of carbonyl (C=O) groups is 1. The fourth-order valence-corrected chi connectivity index (χ4v) is 1.34. The van der Waals surface area contributed by atoms with Crippen LogP contribution >= 0.6 is 0 Å². The van der Waals surface area contributed by atoms with E-state index >= 15 is 0 Å². The summed E-state index contributed by atoms with van der Waals surface area (Å²) in [6.45, 7) is 0. The lowest BCUT2D eigenvalue weighted by Crippen LogP contribution is -1.95. The summed E-state index contributed by atoms with van der Waals surface area (Å²) >= 11 is 0. The molecule has 22 heavy (non-hydrogen) atoms. The lowest BCUT2D eigenvalue weighted by atomic mass is 10.2. The van der Waals surface area contributed by atoms with Crippen molar-refractivity contribution in [2.45, 2.75) is 0 Å². The highest BCUT2D eigenvalue weighted by molar-refractivity contribution is 5.91. The largest absolute Gasteiger partial charge is 0.507 e. The number of nitrogens with one attached hydrogen (secondary N) is 1. The zero-order chi connectivity index (χ0) is 16.7. The van der Waals surface area contributed by atoms with Crippen LogP contribution in [0.3, 0.4) is 0 Å². The van der Waals surface area contributed by atoms with Gasteiger partial charge in [0, 0.05) is 12.1 Å². The van der Waals surface area contributed by atoms with Crippen LogP contribution in [-0.4, -0.2) is 21.1 Å². The number of carboxylic acids is 1. The first-order valence-electron chi connectivity index (χ1n) is 5.71. The molecule has 0 saturated heterocycles. The Morgan fingerprint density at radius 2 is 1.77 bits per heavy atom. The number of aromatic carboxylic acids is 1. The van der Waals surface area contributed by atoms with Crippen molar-refractivity contribution in [3.63, 3.8) is 0 Å². The molecule has 0 aliphatic carbocycles. The molecule has 9 heteroatoms. The Kier molecular flexibility index (Phi) is 5.52. The molecule has 2 aromatic rings. The summed E-state index contributed by atoms with van der Waals surface area (Å²) in [5, 5.41) is 30.0. The van der Waals surface area contributed by atoms with Gasteiger partial charge in [-0.25, -0.2) is 4.79 Å². The van der Waals surface area contributed by atoms with Gasteiger partial charge >= 0.3 is 5.97 Å². The average Bonchev–Trinajstić information content (AvgIpc) is 2.48. The van der Waals surface area contributed by atoms with E-state index in [1.165, 1.54) is 30.3 Å². The second-order valence-corrected chi connectivity index (χ2v) is 3.90. The Balaban J connectivity index is 0.000000224. The van der Waals surface area contributed by atoms with Crippen LogP contribution in [-0.2, 0) is 0 Å². The standard InChI is InChI=1S/C7H5NO4.C6H5N2O2/c9-6-2-1-4(8-12)3-5(6)7(10)11;7-5-1-3-6(4-2-5)8(9)10/h1-3,9H,(H,10,11);1-4,7H. The molecule has 0 fully saturated rings. The maximum absolute atomic E-state index is 10.4. The third-order valence-electron chi connectivity index (χ3n) is 2.39. The quantitative estimate of drug-likeness (QED) is 0.504. The fraction of sp³-hybridized carbons (Fsp3) is 0. The highest BCUT2D eigenvalue weighted by atomic mass is 16.6. The van der Waals surface area contributed by atoms with E-state index in [0.717, 1.165) is 12.1 Å². The summed E-state index contributed by atoms with van der Waals surface area (Å²) in [6.07, 6.45) is 0. The third kappa shape index (κ3) is 4.56. The number of phenols is 1. The molecule has 0 aliphatic heterocycles. The van der Waals surface area contributed by atoms with Crippen LogP contribution in [0.5, 0.6) is 5.75 Å². The van der Waals surface area contributed by atoms with Gasteiger partial charge in [-0.05, 0) is 35.5 Å². The van der Waals surface area contributed by atoms with Gasteiger partial charge in [0.15, 0.2) is 0 Å². The van der Waals surface area contributed by atoms with Gasteiger partial charge in [-0.2, -0.15) is 0 Å². The fourth-order valence-electron chi connectivity index (χ4n) is 1.34. The van der Waals surface area contributed by atoms with Crippen molar-refractivity contribution >= 4 is 23.0 Å². The van der Waals surface area contributed by atoms with Crippen molar-refractivity contribution in [3.05, 3.63) is 63.0 Å². The number of hydrogen-bond donors (Lipinski definition) is 2. The summed E-state index contributed by atoms with van der Waals surface area (Å²) in [5.41, 5.74) is 6.97. The molecule has 1 radical (unpaired) electrons. The van der Waals surface area contributed by atoms with Crippen LogP contribution in [0.2, 0.25) is 0 Å². The van der Waals surface area contributed by atoms with Gasteiger partial charge in [-0.15, -0.1) is 4.91 Å². The molecule has 2 rings (SSSR count). The van der Waals surface area contributed by atoms with E-state index in [0.29, 0.717) is 0 Å². The zero-order valence-corrected chi connectivity index (χ0v) is 11.0. The Morgan fingerprint density at radius 3 is 2.23 bits per heavy atom. The summed E-state index contributed by atoms with van der Waals surface area (Å²) < 4.78 is 0. The van der Waals surface area contributed by atoms with Gasteiger partial charge in [0.1, 0.15) is 17.0 Å². The SMILES string of the molecule is O=Nc1ccc(O)c(C(=O)O)c1.[NH]c1ccc([N+](=O)[O-])cc1. The van der Waals surface area contributed by atoms with E-state index in [1.807, 2.05) is 0 Å². The number of carboxylic acid groups (broad SMARTS) is 1. The van der Waals surface area contributed by atoms with Gasteiger partial charge in [0.2, 0.25) is 0 Å². The first-order valence-corrected chi connectivity index (χ1v) is 5.71. The lowest BCUT2D eigenvalue weighted by molar-refractivity contribution is -0.384. The highest BCUT2D eigenvalue weighted by Crippen LogP contribution is 2.22. The number of nitro benzene ring substituents is 1. The van der Waals surface area contributed by atoms with E-state index in [-0.39, 0.29) is 28.4 Å². The predicted octanol–water partition coefficient (Wildman–Crippen LogP) is 3.00. The van der Waals surface area contributed by atoms with Crippen LogP contribution in [0, 0.1) is 15.0 Å². The lowest BCUT2D eigenvalue weighted by Gasteiger charge is -1.97. The summed E-state index contributed by atoms with van der Waals surface area (Å²) in [4.78, 5) is 29.9. The Morgan fingerprint density at radius 1 is 1.18 bits per heavy atom. The number of rotatable bonds is 3. The number of nitroso groups, excluding NO2 is 1. The second-order valence-electron chi connectivity index (χ2n) is 3.90. The minimum absolute atomic E-state index is 0.0230. The monoisotopic (exact) mass is 304 g/mol. The van der Waals surface area contributed by atoms with Crippen molar-refractivity contribution in [1.82, 2.24) is 5.73 Å². The van der Waals surface area contributed by atoms with Gasteiger partial charge in [0.25, 0.3) is 5.69 Å². The van der Waals surface area contributed by atoms with Crippen molar-refractivity contribution < 1.29 is 19.9 Å². The van der Waals surface area contributed by atoms with Crippen molar-refractivity contribution in [2.24, 2.45) is 5.18 Å². The second kappa shape index (κ2) is 7.33. The van der Waals surface area contributed by atoms with E-state index in [4.69, 9.17) is 15.9 Å². The summed E-state index contributed by atoms with van der Waals surface area (Å²) in [5.74, 6) is -1.67. The van der Waals surface area contributed by atoms with E-state index in [9.17, 15) is 19.8 Å². The van der Waals surface area contributed by atoms with Crippen LogP contribution in [0.15, 0.2) is 47.6 Å². The molecule has 9 nitrogen and oxygen atoms in total. The van der Waals surface area contributed by atoms with Crippen molar-refractivity contribution in [2.75, 3.05) is 0 Å². The van der Waals surface area contributed by atoms with Crippen LogP contribution in [0.25, 0.3) is 0 Å². The molecule has 0 aromatic heterocycles. The molecule has 0 aliphatic rings. The molecule has 0 spiro atoms. The molecule has 0 bridgehead atoms. The Hall–Kier alpha value is -3.49. The van der Waals surface area contributed by atoms with Crippen molar-refractivity contribution in [1.29, 1.82) is 0 Å². The number of nitro groups is 1. The topological polar surface area (TPSA) is 154 Å². The number of non-ortho nitro benzene ring substituents is 1. The summed E-state index contributed by atoms with van der Waals surface area (Å²) in [7, 11) is 0. The number of hydrogen-bond acceptors (Lipinski definition) is 6. The molecule has 0 unspecified atom stereocenters. The van der Waals surface area contributed by atoms with Gasteiger partial charge < -0.3 is 15.9 Å². The van der Waals surface area contributed by atoms with Crippen molar-refractivity contribution in [3.8, 4) is 5.75 Å². The van der Waals surface area contributed by atoms with Crippen LogP contribution in [0.4, 0.5) is 17.1 Å². The van der Waals surface area contributed by atoms with Gasteiger partial charge in [0.05, 0.1) is 10.6 Å². The molecular weight excluding hydrogens is 294 g/mol. The van der Waals surface area contributed by atoms with Gasteiger partial charge in [-0.3, -0.25) is 10.1 Å². The van der Waals surface area contributed by atoms with Crippen LogP contribution in [0.1, 0.15) is 10.4 Å². The maximum Gasteiger partial charge on any atom is 0.339 e. The smallest absolute Gasteiger partial charge is 0.339 e. The van der Waals surface area contributed by atoms with E-state index < -0.39 is 10.9 Å². The molecule has 113 valence electrons. The van der Waals surface area contributed by atoms with Crippen LogP contribution < -0.4 is 5.73 Å². The zero-order valence-electron chi connectivity index (χ0n) is 11.0. The first-order chi connectivity index (χ1) is 10.3. The number of aromatic hydroxyl groups is 1. The molecule has 0 saturated carbocycles. The number of nitrogens with zero attached hydrogens (tertiary/aromatic N) is 2. The molecular formula is C13H10N3O6. The molecule has 0 heterocycles. The van der Waals surface area contributed by atoms with E-state index in [1.54, 1.807) is 0 Å². The molecule has 0 atom stereocenters. The Labute approximate surface area is 123 Å². The average molecular weight is 304 g/mol. The highest BCUT2D eigenvalue weighted by Gasteiger charge is 2.09. The Bertz CT molecular complexity index is 699.